The van der Waals surface area contributed by atoms with Gasteiger partial charge in [-0.25, -0.2) is 0 Å². The number of carbonyl (C=O) groups is 2. The number of halogens is 1. The number of esters is 1. The molecule has 0 atom stereocenters. The van der Waals surface area contributed by atoms with E-state index in [1.165, 1.54) is 0 Å². The number of methoxy groups -OCH3 is 1. The molecule has 0 rings (SSSR count). The Hall–Kier alpha value is -0.770. The second-order valence-electron chi connectivity index (χ2n) is 1.15. The zero-order valence-corrected chi connectivity index (χ0v) is 5.60. The van der Waals surface area contributed by atoms with Gasteiger partial charge in [0.25, 0.3) is 0 Å². The molecule has 5 heteroatoms. The summed E-state index contributed by atoms with van der Waals surface area (Å²) in [6.07, 6.45) is -0.559. The molecule has 0 fully saturated rings. The Morgan fingerprint density at radius 2 is 2.00 bits per heavy atom. The Morgan fingerprint density at radius 3 is 2.11 bits per heavy atom. The van der Waals surface area contributed by atoms with Crippen molar-refractivity contribution in [1.82, 2.24) is 0 Å². The largest absolute Gasteiger partial charge is 0.481 e. The van der Waals surface area contributed by atoms with E-state index < -0.39 is 18.4 Å². The minimum atomic E-state index is -1.17. The van der Waals surface area contributed by atoms with E-state index in [0.717, 1.165) is 7.11 Å². The van der Waals surface area contributed by atoms with E-state index in [-0.39, 0.29) is 12.4 Å². The van der Waals surface area contributed by atoms with E-state index in [1.807, 2.05) is 0 Å². The lowest BCUT2D eigenvalue weighted by Gasteiger charge is -1.90. The molecule has 0 amide bonds. The molecule has 0 unspecified atom stereocenters. The average molecular weight is 155 g/mol. The lowest BCUT2D eigenvalue weighted by atomic mass is 10.4. The Morgan fingerprint density at radius 1 is 1.56 bits per heavy atom. The van der Waals surface area contributed by atoms with Crippen LogP contribution in [-0.2, 0) is 14.3 Å². The number of carboxylic acid groups (broad SMARTS) is 1. The van der Waals surface area contributed by atoms with E-state index >= 15 is 0 Å². The number of aliphatic carboxylic acids is 1. The molecule has 1 N–H and O–H groups in total. The average Bonchev–Trinajstić information content (AvgIpc) is 1.65. The third-order valence-electron chi connectivity index (χ3n) is 0.523. The minimum absolute atomic E-state index is 0. The highest BCUT2D eigenvalue weighted by atomic mass is 35.5. The van der Waals surface area contributed by atoms with Crippen LogP contribution in [0.3, 0.4) is 0 Å². The standard InChI is InChI=1S/C4H6O4.ClH/c1-8-4(7)2-3(5)6;/h2H2,1H3,(H,5,6);1H. The van der Waals surface area contributed by atoms with Gasteiger partial charge >= 0.3 is 11.9 Å². The summed E-state index contributed by atoms with van der Waals surface area (Å²) in [7, 11) is 1.14. The summed E-state index contributed by atoms with van der Waals surface area (Å²) < 4.78 is 4.04. The van der Waals surface area contributed by atoms with Gasteiger partial charge in [0.05, 0.1) is 7.11 Å². The summed E-state index contributed by atoms with van der Waals surface area (Å²) in [5.41, 5.74) is 0. The highest BCUT2D eigenvalue weighted by Gasteiger charge is 2.04. The van der Waals surface area contributed by atoms with Gasteiger partial charge < -0.3 is 9.84 Å². The first-order chi connectivity index (χ1) is 3.66. The molecule has 0 saturated carbocycles. The van der Waals surface area contributed by atoms with Crippen molar-refractivity contribution in [3.63, 3.8) is 0 Å². The highest BCUT2D eigenvalue weighted by Crippen LogP contribution is 1.80. The van der Waals surface area contributed by atoms with Crippen LogP contribution in [-0.4, -0.2) is 24.2 Å². The van der Waals surface area contributed by atoms with Crippen LogP contribution >= 0.6 is 12.4 Å². The van der Waals surface area contributed by atoms with Gasteiger partial charge in [0, 0.05) is 0 Å². The fraction of sp³-hybridized carbons (Fsp3) is 0.500. The molecular weight excluding hydrogens is 147 g/mol. The molecule has 9 heavy (non-hydrogen) atoms. The molecule has 0 saturated heterocycles. The molecule has 0 radical (unpaired) electrons. The number of hydrogen-bond donors (Lipinski definition) is 1. The molecule has 0 bridgehead atoms. The Balaban J connectivity index is 0. The molecular formula is C4H7ClO4. The van der Waals surface area contributed by atoms with Crippen LogP contribution < -0.4 is 0 Å². The molecule has 0 aromatic carbocycles. The monoisotopic (exact) mass is 154 g/mol. The van der Waals surface area contributed by atoms with Crippen LogP contribution in [0.15, 0.2) is 0 Å². The summed E-state index contributed by atoms with van der Waals surface area (Å²) >= 11 is 0. The minimum Gasteiger partial charge on any atom is -0.481 e. The van der Waals surface area contributed by atoms with Crippen LogP contribution in [0.2, 0.25) is 0 Å². The highest BCUT2D eigenvalue weighted by molar-refractivity contribution is 5.89. The number of hydrogen-bond acceptors (Lipinski definition) is 3. The summed E-state index contributed by atoms with van der Waals surface area (Å²) in [5, 5.41) is 7.91. The maximum atomic E-state index is 10.0. The van der Waals surface area contributed by atoms with Gasteiger partial charge in [-0.05, 0) is 0 Å². The number of ether oxygens (including phenoxy) is 1. The van der Waals surface area contributed by atoms with Crippen LogP contribution in [0.4, 0.5) is 0 Å². The Bertz CT molecular complexity index is 111. The summed E-state index contributed by atoms with van der Waals surface area (Å²) in [5.74, 6) is -1.89. The molecule has 0 aromatic heterocycles. The van der Waals surface area contributed by atoms with Gasteiger partial charge in [0.1, 0.15) is 6.42 Å². The van der Waals surface area contributed by atoms with Crippen molar-refractivity contribution < 1.29 is 19.4 Å². The van der Waals surface area contributed by atoms with Crippen LogP contribution in [0.25, 0.3) is 0 Å². The predicted molar refractivity (Wildman–Crippen MR) is 31.5 cm³/mol. The van der Waals surface area contributed by atoms with Gasteiger partial charge in [-0.1, -0.05) is 0 Å². The van der Waals surface area contributed by atoms with Crippen molar-refractivity contribution in [3.05, 3.63) is 0 Å². The van der Waals surface area contributed by atoms with Crippen LogP contribution in [0, 0.1) is 0 Å². The molecule has 0 aliphatic rings. The van der Waals surface area contributed by atoms with E-state index in [4.69, 9.17) is 5.11 Å². The Kier molecular flexibility index (Phi) is 6.61. The second-order valence-corrected chi connectivity index (χ2v) is 1.15. The second kappa shape index (κ2) is 5.37. The van der Waals surface area contributed by atoms with Crippen molar-refractivity contribution in [2.24, 2.45) is 0 Å². The molecule has 0 heterocycles. The number of rotatable bonds is 2. The fourth-order valence-corrected chi connectivity index (χ4v) is 0.196. The van der Waals surface area contributed by atoms with Crippen molar-refractivity contribution >= 4 is 24.3 Å². The van der Waals surface area contributed by atoms with Gasteiger partial charge in [-0.15, -0.1) is 12.4 Å². The molecule has 54 valence electrons. The lowest BCUT2D eigenvalue weighted by Crippen LogP contribution is -2.07. The third kappa shape index (κ3) is 7.23. The van der Waals surface area contributed by atoms with Gasteiger partial charge in [0.2, 0.25) is 0 Å². The number of carbonyl (C=O) groups excluding carboxylic acids is 1. The SMILES string of the molecule is COC(=O)CC(=O)O.Cl. The van der Waals surface area contributed by atoms with Crippen molar-refractivity contribution in [2.75, 3.05) is 7.11 Å². The van der Waals surface area contributed by atoms with Gasteiger partial charge in [-0.2, -0.15) is 0 Å². The van der Waals surface area contributed by atoms with Crippen molar-refractivity contribution in [1.29, 1.82) is 0 Å². The smallest absolute Gasteiger partial charge is 0.316 e. The molecule has 4 nitrogen and oxygen atoms in total. The maximum absolute atomic E-state index is 10.0. The molecule has 0 aliphatic carbocycles. The molecule has 0 spiro atoms. The summed E-state index contributed by atoms with van der Waals surface area (Å²) in [6, 6.07) is 0. The first-order valence-corrected chi connectivity index (χ1v) is 1.95. The number of carboxylic acids is 1. The Labute approximate surface area is 58.2 Å². The van der Waals surface area contributed by atoms with Gasteiger partial charge in [-0.3, -0.25) is 9.59 Å². The first kappa shape index (κ1) is 11.1. The first-order valence-electron chi connectivity index (χ1n) is 1.95. The zero-order valence-electron chi connectivity index (χ0n) is 4.79. The van der Waals surface area contributed by atoms with E-state index in [1.54, 1.807) is 0 Å². The van der Waals surface area contributed by atoms with E-state index in [2.05, 4.69) is 4.74 Å². The van der Waals surface area contributed by atoms with Crippen LogP contribution in [0.5, 0.6) is 0 Å². The quantitative estimate of drug-likeness (QED) is 0.451. The predicted octanol–water partition coefficient (Wildman–Crippen LogP) is 0.0559. The van der Waals surface area contributed by atoms with Crippen molar-refractivity contribution in [2.45, 2.75) is 6.42 Å². The van der Waals surface area contributed by atoms with Gasteiger partial charge in [0.15, 0.2) is 0 Å². The third-order valence-corrected chi connectivity index (χ3v) is 0.523. The lowest BCUT2D eigenvalue weighted by molar-refractivity contribution is -0.149. The zero-order chi connectivity index (χ0) is 6.57. The van der Waals surface area contributed by atoms with Crippen LogP contribution in [0.1, 0.15) is 6.42 Å². The topological polar surface area (TPSA) is 63.6 Å². The maximum Gasteiger partial charge on any atom is 0.316 e. The van der Waals surface area contributed by atoms with E-state index in [9.17, 15) is 9.59 Å². The molecule has 0 aromatic rings. The normalized spacial score (nSPS) is 7.22. The molecule has 0 aliphatic heterocycles. The van der Waals surface area contributed by atoms with E-state index in [0.29, 0.717) is 0 Å². The van der Waals surface area contributed by atoms with Crippen molar-refractivity contribution in [3.8, 4) is 0 Å². The summed E-state index contributed by atoms with van der Waals surface area (Å²) in [6.45, 7) is 0. The fourth-order valence-electron chi connectivity index (χ4n) is 0.196. The summed E-state index contributed by atoms with van der Waals surface area (Å²) in [4.78, 5) is 19.7.